The predicted octanol–water partition coefficient (Wildman–Crippen LogP) is 1.02. The van der Waals surface area contributed by atoms with Crippen molar-refractivity contribution in [1.82, 2.24) is 10.7 Å². The molecule has 5 heteroatoms. The van der Waals surface area contributed by atoms with Crippen molar-refractivity contribution < 1.29 is 0 Å². The van der Waals surface area contributed by atoms with Gasteiger partial charge in [-0.1, -0.05) is 6.07 Å². The Hall–Kier alpha value is -1.36. The van der Waals surface area contributed by atoms with Gasteiger partial charge in [0.15, 0.2) is 0 Å². The smallest absolute Gasteiger partial charge is 0.212 e. The van der Waals surface area contributed by atoms with Crippen molar-refractivity contribution in [2.24, 2.45) is 10.1 Å². The maximum Gasteiger partial charge on any atom is 0.212 e. The fourth-order valence-electron chi connectivity index (χ4n) is 1.15. The quantitative estimate of drug-likeness (QED) is 0.563. The second-order valence-corrected chi connectivity index (χ2v) is 3.89. The number of nitrogens with zero attached hydrogens (tertiary/aromatic N) is 2. The highest BCUT2D eigenvalue weighted by Crippen LogP contribution is 2.09. The van der Waals surface area contributed by atoms with Crippen LogP contribution in [0.1, 0.15) is 11.8 Å². The minimum absolute atomic E-state index is 0.765. The zero-order valence-electron chi connectivity index (χ0n) is 7.95. The van der Waals surface area contributed by atoms with Crippen LogP contribution in [0.5, 0.6) is 0 Å². The normalized spacial score (nSPS) is 16.4. The average molecular weight is 208 g/mol. The lowest BCUT2D eigenvalue weighted by molar-refractivity contribution is 0.917. The van der Waals surface area contributed by atoms with Gasteiger partial charge in [-0.05, 0) is 18.4 Å². The van der Waals surface area contributed by atoms with Crippen molar-refractivity contribution in [3.05, 3.63) is 22.4 Å². The van der Waals surface area contributed by atoms with E-state index in [4.69, 9.17) is 0 Å². The lowest BCUT2D eigenvalue weighted by Crippen LogP contribution is -2.30. The van der Waals surface area contributed by atoms with Gasteiger partial charge in [-0.2, -0.15) is 5.10 Å². The average Bonchev–Trinajstić information content (AvgIpc) is 2.87. The molecule has 0 atom stereocenters. The minimum atomic E-state index is 0.765. The number of guanidine groups is 1. The molecular weight excluding hydrogens is 196 g/mol. The molecule has 0 saturated carbocycles. The molecule has 0 unspecified atom stereocenters. The van der Waals surface area contributed by atoms with Crippen LogP contribution in [0.15, 0.2) is 27.6 Å². The van der Waals surface area contributed by atoms with Crippen molar-refractivity contribution in [3.63, 3.8) is 0 Å². The first-order chi connectivity index (χ1) is 6.86. The molecule has 0 aromatic carbocycles. The van der Waals surface area contributed by atoms with Gasteiger partial charge in [0.05, 0.1) is 12.3 Å². The molecule has 0 spiro atoms. The first kappa shape index (κ1) is 9.21. The molecule has 0 radical (unpaired) electrons. The molecule has 0 saturated heterocycles. The van der Waals surface area contributed by atoms with Crippen LogP contribution in [0.3, 0.4) is 0 Å². The molecule has 1 aliphatic heterocycles. The summed E-state index contributed by atoms with van der Waals surface area (Å²) in [5.74, 6) is 0.765. The number of aliphatic imine (C=N–C) groups is 1. The Balaban J connectivity index is 1.97. The van der Waals surface area contributed by atoms with Gasteiger partial charge in [0.25, 0.3) is 0 Å². The first-order valence-corrected chi connectivity index (χ1v) is 5.37. The third kappa shape index (κ3) is 2.11. The van der Waals surface area contributed by atoms with Gasteiger partial charge in [-0.15, -0.1) is 11.3 Å². The minimum Gasteiger partial charge on any atom is -0.353 e. The molecule has 0 bridgehead atoms. The van der Waals surface area contributed by atoms with E-state index in [9.17, 15) is 0 Å². The van der Waals surface area contributed by atoms with E-state index in [0.717, 1.165) is 24.8 Å². The first-order valence-electron chi connectivity index (χ1n) is 4.49. The number of hydrogen-bond acceptors (Lipinski definition) is 5. The van der Waals surface area contributed by atoms with Crippen molar-refractivity contribution in [2.75, 3.05) is 13.1 Å². The third-order valence-electron chi connectivity index (χ3n) is 1.88. The van der Waals surface area contributed by atoms with E-state index in [1.54, 1.807) is 11.3 Å². The van der Waals surface area contributed by atoms with Crippen LogP contribution in [0.4, 0.5) is 0 Å². The van der Waals surface area contributed by atoms with Gasteiger partial charge in [0, 0.05) is 11.4 Å². The number of hydrogen-bond donors (Lipinski definition) is 2. The summed E-state index contributed by atoms with van der Waals surface area (Å²) in [6.07, 6.45) is 0. The molecule has 2 N–H and O–H groups in total. The summed E-state index contributed by atoms with van der Waals surface area (Å²) < 4.78 is 0. The second-order valence-electron chi connectivity index (χ2n) is 2.94. The van der Waals surface area contributed by atoms with E-state index in [1.165, 1.54) is 4.88 Å². The highest BCUT2D eigenvalue weighted by Gasteiger charge is 2.03. The molecule has 1 aliphatic rings. The van der Waals surface area contributed by atoms with Gasteiger partial charge in [0.1, 0.15) is 0 Å². The molecule has 0 amide bonds. The molecule has 74 valence electrons. The Morgan fingerprint density at radius 3 is 3.29 bits per heavy atom. The predicted molar refractivity (Wildman–Crippen MR) is 60.0 cm³/mol. The van der Waals surface area contributed by atoms with Crippen LogP contribution in [-0.2, 0) is 0 Å². The fourth-order valence-corrected chi connectivity index (χ4v) is 1.83. The number of rotatable bonds is 2. The van der Waals surface area contributed by atoms with Crippen molar-refractivity contribution in [1.29, 1.82) is 0 Å². The Labute approximate surface area is 86.8 Å². The van der Waals surface area contributed by atoms with Gasteiger partial charge in [-0.3, -0.25) is 0 Å². The number of nitrogens with one attached hydrogen (secondary N) is 2. The summed E-state index contributed by atoms with van der Waals surface area (Å²) in [5.41, 5.74) is 3.89. The molecule has 0 aliphatic carbocycles. The van der Waals surface area contributed by atoms with Crippen molar-refractivity contribution in [3.8, 4) is 0 Å². The summed E-state index contributed by atoms with van der Waals surface area (Å²) in [7, 11) is 0. The maximum atomic E-state index is 4.23. The largest absolute Gasteiger partial charge is 0.353 e. The molecule has 2 rings (SSSR count). The van der Waals surface area contributed by atoms with E-state index in [-0.39, 0.29) is 0 Å². The van der Waals surface area contributed by atoms with Crippen LogP contribution in [0, 0.1) is 0 Å². The van der Waals surface area contributed by atoms with E-state index in [2.05, 4.69) is 26.9 Å². The van der Waals surface area contributed by atoms with Crippen LogP contribution in [0.25, 0.3) is 0 Å². The standard InChI is InChI=1S/C9H12N4S/c1-7(8-3-2-6-14-8)12-13-9-10-4-5-11-9/h2-3,6H,4-5H2,1H3,(H2,10,11,13)/b12-7-. The van der Waals surface area contributed by atoms with Crippen LogP contribution < -0.4 is 10.7 Å². The van der Waals surface area contributed by atoms with Crippen LogP contribution in [0.2, 0.25) is 0 Å². The van der Waals surface area contributed by atoms with E-state index in [0.29, 0.717) is 0 Å². The van der Waals surface area contributed by atoms with Gasteiger partial charge in [0.2, 0.25) is 5.96 Å². The van der Waals surface area contributed by atoms with E-state index < -0.39 is 0 Å². The summed E-state index contributed by atoms with van der Waals surface area (Å²) in [5, 5.41) is 9.37. The van der Waals surface area contributed by atoms with Crippen LogP contribution >= 0.6 is 11.3 Å². The topological polar surface area (TPSA) is 48.8 Å². The summed E-state index contributed by atoms with van der Waals surface area (Å²) in [4.78, 5) is 5.36. The second kappa shape index (κ2) is 4.23. The molecule has 4 nitrogen and oxygen atoms in total. The van der Waals surface area contributed by atoms with Gasteiger partial charge >= 0.3 is 0 Å². The number of thiophene rings is 1. The highest BCUT2D eigenvalue weighted by atomic mass is 32.1. The number of hydrazone groups is 1. The van der Waals surface area contributed by atoms with Crippen molar-refractivity contribution in [2.45, 2.75) is 6.92 Å². The van der Waals surface area contributed by atoms with Gasteiger partial charge in [-0.25, -0.2) is 10.4 Å². The highest BCUT2D eigenvalue weighted by molar-refractivity contribution is 7.12. The molecule has 2 heterocycles. The van der Waals surface area contributed by atoms with Crippen molar-refractivity contribution >= 4 is 23.0 Å². The Morgan fingerprint density at radius 1 is 1.71 bits per heavy atom. The Bertz CT molecular complexity index is 353. The van der Waals surface area contributed by atoms with Gasteiger partial charge < -0.3 is 5.32 Å². The lowest BCUT2D eigenvalue weighted by Gasteiger charge is -2.01. The van der Waals surface area contributed by atoms with Crippen LogP contribution in [-0.4, -0.2) is 24.8 Å². The molecule has 0 fully saturated rings. The molecule has 1 aromatic heterocycles. The molecule has 1 aromatic rings. The zero-order valence-corrected chi connectivity index (χ0v) is 8.77. The van der Waals surface area contributed by atoms with E-state index >= 15 is 0 Å². The zero-order chi connectivity index (χ0) is 9.80. The monoisotopic (exact) mass is 208 g/mol. The summed E-state index contributed by atoms with van der Waals surface area (Å²) in [6.45, 7) is 3.71. The maximum absolute atomic E-state index is 4.23. The summed E-state index contributed by atoms with van der Waals surface area (Å²) >= 11 is 1.68. The molecule has 14 heavy (non-hydrogen) atoms. The molecular formula is C9H12N4S. The van der Waals surface area contributed by atoms with E-state index in [1.807, 2.05) is 18.4 Å². The third-order valence-corrected chi connectivity index (χ3v) is 2.86. The summed E-state index contributed by atoms with van der Waals surface area (Å²) in [6, 6.07) is 4.07. The SMILES string of the molecule is C/C(=N/NC1=NCCN1)c1cccs1. The Kier molecular flexibility index (Phi) is 2.78. The lowest BCUT2D eigenvalue weighted by atomic mass is 10.3. The Morgan fingerprint density at radius 2 is 2.64 bits per heavy atom. The fraction of sp³-hybridized carbons (Fsp3) is 0.333.